The number of ether oxygens (including phenoxy) is 2. The molecule has 0 aliphatic carbocycles. The minimum Gasteiger partial charge on any atom is -0.437 e. The van der Waals surface area contributed by atoms with Gasteiger partial charge in [0.2, 0.25) is 0 Å². The smallest absolute Gasteiger partial charge is 0.437 e. The molecule has 3 rings (SSSR count). The number of para-hydroxylation sites is 1. The molecule has 0 aliphatic heterocycles. The molecular weight excluding hydrogens is 304 g/mol. The number of nitrogens with zero attached hydrogens (tertiary/aromatic N) is 2. The third-order valence-electron chi connectivity index (χ3n) is 3.71. The van der Waals surface area contributed by atoms with Crippen molar-refractivity contribution in [3.63, 3.8) is 0 Å². The number of hydrogen-bond acceptors (Lipinski definition) is 4. The Labute approximate surface area is 140 Å². The normalized spacial score (nSPS) is 10.5. The van der Waals surface area contributed by atoms with Crippen LogP contribution in [0.5, 0.6) is 5.75 Å². The molecule has 0 unspecified atom stereocenters. The van der Waals surface area contributed by atoms with Gasteiger partial charge in [-0.25, -0.2) is 9.48 Å². The molecule has 5 heteroatoms. The molecule has 1 heterocycles. The van der Waals surface area contributed by atoms with Crippen molar-refractivity contribution in [1.82, 2.24) is 9.78 Å². The molecule has 0 N–H and O–H groups in total. The number of aryl methyl sites for hydroxylation is 1. The molecule has 0 atom stereocenters. The van der Waals surface area contributed by atoms with Gasteiger partial charge in [0, 0.05) is 5.56 Å². The highest BCUT2D eigenvalue weighted by Crippen LogP contribution is 2.34. The lowest BCUT2D eigenvalue weighted by atomic mass is 10.1. The number of aromatic nitrogens is 2. The first-order valence-electron chi connectivity index (χ1n) is 7.58. The molecule has 0 spiro atoms. The molecule has 0 amide bonds. The number of rotatable bonds is 3. The van der Waals surface area contributed by atoms with Crippen molar-refractivity contribution in [2.24, 2.45) is 0 Å². The zero-order valence-electron chi connectivity index (χ0n) is 13.8. The van der Waals surface area contributed by atoms with E-state index in [9.17, 15) is 4.79 Å². The van der Waals surface area contributed by atoms with Gasteiger partial charge in [-0.05, 0) is 32.0 Å². The Morgan fingerprint density at radius 1 is 1.04 bits per heavy atom. The number of benzene rings is 2. The van der Waals surface area contributed by atoms with Crippen LogP contribution in [0.15, 0.2) is 54.6 Å². The van der Waals surface area contributed by atoms with Crippen LogP contribution in [0.25, 0.3) is 16.9 Å². The third-order valence-corrected chi connectivity index (χ3v) is 3.71. The maximum absolute atomic E-state index is 11.6. The van der Waals surface area contributed by atoms with Gasteiger partial charge in [-0.15, -0.1) is 0 Å². The Kier molecular flexibility index (Phi) is 4.33. The molecule has 1 aromatic heterocycles. The fourth-order valence-electron chi connectivity index (χ4n) is 2.54. The number of carbonyl (C=O) groups excluding carboxylic acids is 1. The van der Waals surface area contributed by atoms with Crippen LogP contribution in [-0.4, -0.2) is 23.0 Å². The van der Waals surface area contributed by atoms with Crippen molar-refractivity contribution in [1.29, 1.82) is 0 Å². The monoisotopic (exact) mass is 322 g/mol. The van der Waals surface area contributed by atoms with Crippen LogP contribution in [0.1, 0.15) is 11.3 Å². The summed E-state index contributed by atoms with van der Waals surface area (Å²) in [5.41, 5.74) is 4.20. The van der Waals surface area contributed by atoms with E-state index in [0.717, 1.165) is 22.5 Å². The van der Waals surface area contributed by atoms with Gasteiger partial charge >= 0.3 is 6.16 Å². The SMILES string of the molecule is COC(=O)Oc1c(-c2cccc(C)c2)nn(-c2ccccc2)c1C. The zero-order valence-corrected chi connectivity index (χ0v) is 13.8. The standard InChI is InChI=1S/C19H18N2O3/c1-13-8-7-9-15(12-13)17-18(24-19(22)23-3)14(2)21(20-17)16-10-5-4-6-11-16/h4-12H,1-3H3. The Morgan fingerprint density at radius 2 is 1.79 bits per heavy atom. The van der Waals surface area contributed by atoms with Gasteiger partial charge in [-0.2, -0.15) is 5.10 Å². The molecule has 0 radical (unpaired) electrons. The average Bonchev–Trinajstić information content (AvgIpc) is 2.92. The van der Waals surface area contributed by atoms with Crippen LogP contribution >= 0.6 is 0 Å². The fourth-order valence-corrected chi connectivity index (χ4v) is 2.54. The summed E-state index contributed by atoms with van der Waals surface area (Å²) in [5, 5.41) is 4.66. The second-order valence-electron chi connectivity index (χ2n) is 5.44. The minimum atomic E-state index is -0.764. The topological polar surface area (TPSA) is 53.4 Å². The minimum absolute atomic E-state index is 0.399. The third kappa shape index (κ3) is 3.01. The molecule has 0 saturated heterocycles. The van der Waals surface area contributed by atoms with Gasteiger partial charge < -0.3 is 9.47 Å². The summed E-state index contributed by atoms with van der Waals surface area (Å²) in [7, 11) is 1.28. The van der Waals surface area contributed by atoms with Crippen LogP contribution < -0.4 is 4.74 Å². The van der Waals surface area contributed by atoms with E-state index in [1.54, 1.807) is 4.68 Å². The first kappa shape index (κ1) is 15.8. The van der Waals surface area contributed by atoms with Crippen molar-refractivity contribution in [3.05, 3.63) is 65.9 Å². The van der Waals surface area contributed by atoms with E-state index in [4.69, 9.17) is 4.74 Å². The maximum Gasteiger partial charge on any atom is 0.513 e. The quantitative estimate of drug-likeness (QED) is 0.675. The van der Waals surface area contributed by atoms with Gasteiger partial charge in [-0.1, -0.05) is 42.0 Å². The molecule has 0 bridgehead atoms. The van der Waals surface area contributed by atoms with Crippen molar-refractivity contribution in [2.45, 2.75) is 13.8 Å². The molecule has 24 heavy (non-hydrogen) atoms. The molecule has 0 aliphatic rings. The van der Waals surface area contributed by atoms with Gasteiger partial charge in [0.25, 0.3) is 0 Å². The highest BCUT2D eigenvalue weighted by Gasteiger charge is 2.21. The van der Waals surface area contributed by atoms with Crippen molar-refractivity contribution in [2.75, 3.05) is 7.11 Å². The van der Waals surface area contributed by atoms with E-state index in [1.165, 1.54) is 7.11 Å². The van der Waals surface area contributed by atoms with Gasteiger partial charge in [0.15, 0.2) is 5.75 Å². The lowest BCUT2D eigenvalue weighted by molar-refractivity contribution is 0.121. The number of methoxy groups -OCH3 is 1. The Balaban J connectivity index is 2.17. The molecule has 0 saturated carbocycles. The summed E-state index contributed by atoms with van der Waals surface area (Å²) in [4.78, 5) is 11.6. The second kappa shape index (κ2) is 6.58. The van der Waals surface area contributed by atoms with Crippen LogP contribution in [-0.2, 0) is 4.74 Å². The molecule has 2 aromatic carbocycles. The van der Waals surface area contributed by atoms with E-state index < -0.39 is 6.16 Å². The molecule has 122 valence electrons. The Morgan fingerprint density at radius 3 is 2.46 bits per heavy atom. The summed E-state index contributed by atoms with van der Waals surface area (Å²) in [5.74, 6) is 0.399. The molecule has 5 nitrogen and oxygen atoms in total. The predicted octanol–water partition coefficient (Wildman–Crippen LogP) is 4.30. The second-order valence-corrected chi connectivity index (χ2v) is 5.44. The Bertz CT molecular complexity index is 870. The first-order valence-corrected chi connectivity index (χ1v) is 7.58. The average molecular weight is 322 g/mol. The highest BCUT2D eigenvalue weighted by atomic mass is 16.7. The molecule has 3 aromatic rings. The van der Waals surface area contributed by atoms with Gasteiger partial charge in [-0.3, -0.25) is 0 Å². The van der Waals surface area contributed by atoms with E-state index in [-0.39, 0.29) is 0 Å². The summed E-state index contributed by atoms with van der Waals surface area (Å²) >= 11 is 0. The van der Waals surface area contributed by atoms with Crippen molar-refractivity contribution >= 4 is 6.16 Å². The van der Waals surface area contributed by atoms with E-state index in [0.29, 0.717) is 11.4 Å². The van der Waals surface area contributed by atoms with E-state index >= 15 is 0 Å². The van der Waals surface area contributed by atoms with Gasteiger partial charge in [0.05, 0.1) is 18.5 Å². The summed E-state index contributed by atoms with van der Waals surface area (Å²) < 4.78 is 11.8. The first-order chi connectivity index (χ1) is 11.6. The van der Waals surface area contributed by atoms with Crippen LogP contribution in [0, 0.1) is 13.8 Å². The highest BCUT2D eigenvalue weighted by molar-refractivity contribution is 5.74. The largest absolute Gasteiger partial charge is 0.513 e. The Hall–Kier alpha value is -3.08. The molecule has 0 fully saturated rings. The van der Waals surface area contributed by atoms with Crippen LogP contribution in [0.4, 0.5) is 4.79 Å². The van der Waals surface area contributed by atoms with Crippen molar-refractivity contribution < 1.29 is 14.3 Å². The number of hydrogen-bond donors (Lipinski definition) is 0. The maximum atomic E-state index is 11.6. The van der Waals surface area contributed by atoms with E-state index in [2.05, 4.69) is 9.84 Å². The zero-order chi connectivity index (χ0) is 17.1. The lowest BCUT2D eigenvalue weighted by Gasteiger charge is -2.05. The fraction of sp³-hybridized carbons (Fsp3) is 0.158. The van der Waals surface area contributed by atoms with Gasteiger partial charge in [0.1, 0.15) is 5.69 Å². The summed E-state index contributed by atoms with van der Waals surface area (Å²) in [6.45, 7) is 3.86. The molecular formula is C19H18N2O3. The van der Waals surface area contributed by atoms with Crippen molar-refractivity contribution in [3.8, 4) is 22.7 Å². The summed E-state index contributed by atoms with van der Waals surface area (Å²) in [6.07, 6.45) is -0.764. The van der Waals surface area contributed by atoms with E-state index in [1.807, 2.05) is 68.4 Å². The predicted molar refractivity (Wildman–Crippen MR) is 91.5 cm³/mol. The summed E-state index contributed by atoms with van der Waals surface area (Å²) in [6, 6.07) is 17.6. The number of carbonyl (C=O) groups is 1. The lowest BCUT2D eigenvalue weighted by Crippen LogP contribution is -2.08. The van der Waals surface area contributed by atoms with Crippen LogP contribution in [0.3, 0.4) is 0 Å². The van der Waals surface area contributed by atoms with Crippen LogP contribution in [0.2, 0.25) is 0 Å².